The molecule has 0 saturated carbocycles. The molecular formula is C15H20BrN3O2. The molecule has 0 aromatic heterocycles. The average molecular weight is 354 g/mol. The molecule has 0 atom stereocenters. The number of nitrogens with one attached hydrogen (secondary N) is 2. The number of anilines is 1. The number of carbonyl (C=O) groups excluding carboxylic acids is 2. The van der Waals surface area contributed by atoms with Crippen molar-refractivity contribution < 1.29 is 9.59 Å². The topological polar surface area (TPSA) is 70.6 Å². The second-order valence-electron chi connectivity index (χ2n) is 4.72. The number of unbranched alkanes of at least 4 members (excludes halogenated alkanes) is 1. The summed E-state index contributed by atoms with van der Waals surface area (Å²) in [6.07, 6.45) is 2.40. The van der Waals surface area contributed by atoms with Gasteiger partial charge in [0.25, 0.3) is 0 Å². The van der Waals surface area contributed by atoms with Gasteiger partial charge in [-0.25, -0.2) is 5.43 Å². The maximum Gasteiger partial charge on any atom is 0.240 e. The van der Waals surface area contributed by atoms with Crippen molar-refractivity contribution in [1.82, 2.24) is 5.43 Å². The predicted molar refractivity (Wildman–Crippen MR) is 88.2 cm³/mol. The van der Waals surface area contributed by atoms with E-state index < -0.39 is 0 Å². The van der Waals surface area contributed by atoms with Gasteiger partial charge in [-0.1, -0.05) is 35.3 Å². The Kier molecular flexibility index (Phi) is 7.68. The van der Waals surface area contributed by atoms with Crippen molar-refractivity contribution >= 4 is 39.1 Å². The SMILES string of the molecule is CCCCC(=O)N/N=C(\C)CC(=O)Nc1cccc(Br)c1. The summed E-state index contributed by atoms with van der Waals surface area (Å²) in [6, 6.07) is 7.35. The van der Waals surface area contributed by atoms with Gasteiger partial charge < -0.3 is 5.32 Å². The van der Waals surface area contributed by atoms with Crippen LogP contribution in [0.2, 0.25) is 0 Å². The van der Waals surface area contributed by atoms with E-state index >= 15 is 0 Å². The lowest BCUT2D eigenvalue weighted by molar-refractivity contribution is -0.121. The molecule has 1 aromatic carbocycles. The first-order valence-corrected chi connectivity index (χ1v) is 7.68. The maximum atomic E-state index is 11.8. The van der Waals surface area contributed by atoms with Crippen LogP contribution in [0.4, 0.5) is 5.69 Å². The zero-order valence-electron chi connectivity index (χ0n) is 12.3. The predicted octanol–water partition coefficient (Wildman–Crippen LogP) is 3.46. The molecule has 21 heavy (non-hydrogen) atoms. The van der Waals surface area contributed by atoms with Gasteiger partial charge in [-0.15, -0.1) is 0 Å². The van der Waals surface area contributed by atoms with E-state index in [-0.39, 0.29) is 18.2 Å². The quantitative estimate of drug-likeness (QED) is 0.582. The molecule has 0 aliphatic carbocycles. The molecular weight excluding hydrogens is 334 g/mol. The molecule has 0 heterocycles. The van der Waals surface area contributed by atoms with Gasteiger partial charge in [0.2, 0.25) is 11.8 Å². The number of rotatable bonds is 7. The first-order valence-electron chi connectivity index (χ1n) is 6.88. The van der Waals surface area contributed by atoms with Crippen molar-refractivity contribution in [2.45, 2.75) is 39.5 Å². The summed E-state index contributed by atoms with van der Waals surface area (Å²) >= 11 is 3.34. The van der Waals surface area contributed by atoms with Crippen LogP contribution in [0.5, 0.6) is 0 Å². The highest BCUT2D eigenvalue weighted by atomic mass is 79.9. The van der Waals surface area contributed by atoms with Crippen molar-refractivity contribution in [3.63, 3.8) is 0 Å². The largest absolute Gasteiger partial charge is 0.326 e. The first-order chi connectivity index (χ1) is 10.0. The van der Waals surface area contributed by atoms with E-state index in [0.29, 0.717) is 17.8 Å². The summed E-state index contributed by atoms with van der Waals surface area (Å²) < 4.78 is 0.897. The Morgan fingerprint density at radius 2 is 2.05 bits per heavy atom. The van der Waals surface area contributed by atoms with Crippen LogP contribution in [-0.4, -0.2) is 17.5 Å². The Labute approximate surface area is 133 Å². The van der Waals surface area contributed by atoms with Gasteiger partial charge in [-0.2, -0.15) is 5.10 Å². The summed E-state index contributed by atoms with van der Waals surface area (Å²) in [5.41, 5.74) is 3.74. The Morgan fingerprint density at radius 3 is 2.71 bits per heavy atom. The number of carbonyl (C=O) groups is 2. The van der Waals surface area contributed by atoms with Crippen LogP contribution in [0.3, 0.4) is 0 Å². The highest BCUT2D eigenvalue weighted by Crippen LogP contribution is 2.15. The van der Waals surface area contributed by atoms with Gasteiger partial charge in [-0.05, 0) is 31.5 Å². The van der Waals surface area contributed by atoms with Crippen molar-refractivity contribution in [1.29, 1.82) is 0 Å². The van der Waals surface area contributed by atoms with Gasteiger partial charge in [0.1, 0.15) is 0 Å². The number of halogens is 1. The molecule has 2 N–H and O–H groups in total. The summed E-state index contributed by atoms with van der Waals surface area (Å²) in [4.78, 5) is 23.2. The van der Waals surface area contributed by atoms with Crippen LogP contribution in [0, 0.1) is 0 Å². The fourth-order valence-corrected chi connectivity index (χ4v) is 1.99. The minimum absolute atomic E-state index is 0.122. The number of hydrogen-bond acceptors (Lipinski definition) is 3. The van der Waals surface area contributed by atoms with Crippen molar-refractivity contribution in [3.05, 3.63) is 28.7 Å². The Bertz CT molecular complexity index is 529. The van der Waals surface area contributed by atoms with Gasteiger partial charge >= 0.3 is 0 Å². The Morgan fingerprint density at radius 1 is 1.29 bits per heavy atom. The first kappa shape index (κ1) is 17.4. The number of amides is 2. The Hall–Kier alpha value is -1.69. The van der Waals surface area contributed by atoms with Crippen molar-refractivity contribution in [2.75, 3.05) is 5.32 Å². The fraction of sp³-hybridized carbons (Fsp3) is 0.400. The maximum absolute atomic E-state index is 11.8. The molecule has 0 fully saturated rings. The third-order valence-corrected chi connectivity index (χ3v) is 3.15. The molecule has 0 saturated heterocycles. The lowest BCUT2D eigenvalue weighted by Gasteiger charge is -2.06. The van der Waals surface area contributed by atoms with Crippen LogP contribution in [0.1, 0.15) is 39.5 Å². The molecule has 6 heteroatoms. The molecule has 0 spiro atoms. The van der Waals surface area contributed by atoms with Gasteiger partial charge in [0.05, 0.1) is 6.42 Å². The number of hydrazone groups is 1. The van der Waals surface area contributed by atoms with E-state index in [4.69, 9.17) is 0 Å². The molecule has 1 aromatic rings. The zero-order chi connectivity index (χ0) is 15.7. The third-order valence-electron chi connectivity index (χ3n) is 2.65. The molecule has 2 amide bonds. The van der Waals surface area contributed by atoms with Crippen LogP contribution < -0.4 is 10.7 Å². The van der Waals surface area contributed by atoms with Crippen LogP contribution in [0.25, 0.3) is 0 Å². The van der Waals surface area contributed by atoms with Crippen LogP contribution in [-0.2, 0) is 9.59 Å². The molecule has 5 nitrogen and oxygen atoms in total. The molecule has 0 aliphatic heterocycles. The van der Waals surface area contributed by atoms with E-state index in [1.807, 2.05) is 31.2 Å². The van der Waals surface area contributed by atoms with Gasteiger partial charge in [0, 0.05) is 22.3 Å². The summed E-state index contributed by atoms with van der Waals surface area (Å²) in [6.45, 7) is 3.73. The monoisotopic (exact) mass is 353 g/mol. The normalized spacial score (nSPS) is 11.1. The lowest BCUT2D eigenvalue weighted by Crippen LogP contribution is -2.21. The van der Waals surface area contributed by atoms with Crippen LogP contribution in [0.15, 0.2) is 33.8 Å². The molecule has 0 unspecified atom stereocenters. The van der Waals surface area contributed by atoms with E-state index in [0.717, 1.165) is 17.3 Å². The van der Waals surface area contributed by atoms with Gasteiger partial charge in [0.15, 0.2) is 0 Å². The molecule has 0 aliphatic rings. The van der Waals surface area contributed by atoms with E-state index in [1.165, 1.54) is 0 Å². The highest BCUT2D eigenvalue weighted by molar-refractivity contribution is 9.10. The standard InChI is InChI=1S/C15H20BrN3O2/c1-3-4-8-14(20)19-18-11(2)9-15(21)17-13-7-5-6-12(16)10-13/h5-7,10H,3-4,8-9H2,1-2H3,(H,17,21)(H,19,20)/b18-11+. The lowest BCUT2D eigenvalue weighted by atomic mass is 10.2. The molecule has 0 bridgehead atoms. The van der Waals surface area contributed by atoms with E-state index in [1.54, 1.807) is 6.92 Å². The second-order valence-corrected chi connectivity index (χ2v) is 5.64. The zero-order valence-corrected chi connectivity index (χ0v) is 13.9. The van der Waals surface area contributed by atoms with Gasteiger partial charge in [-0.3, -0.25) is 9.59 Å². The van der Waals surface area contributed by atoms with Crippen molar-refractivity contribution in [2.24, 2.45) is 5.10 Å². The summed E-state index contributed by atoms with van der Waals surface area (Å²) in [7, 11) is 0. The minimum Gasteiger partial charge on any atom is -0.326 e. The number of benzene rings is 1. The molecule has 0 radical (unpaired) electrons. The van der Waals surface area contributed by atoms with E-state index in [2.05, 4.69) is 31.8 Å². The molecule has 1 rings (SSSR count). The summed E-state index contributed by atoms with van der Waals surface area (Å²) in [5, 5.41) is 6.70. The molecule has 114 valence electrons. The van der Waals surface area contributed by atoms with Crippen LogP contribution >= 0.6 is 15.9 Å². The van der Waals surface area contributed by atoms with Crippen molar-refractivity contribution in [3.8, 4) is 0 Å². The third kappa shape index (κ3) is 7.60. The average Bonchev–Trinajstić information content (AvgIpc) is 2.42. The summed E-state index contributed by atoms with van der Waals surface area (Å²) in [5.74, 6) is -0.291. The fourth-order valence-electron chi connectivity index (χ4n) is 1.59. The Balaban J connectivity index is 2.41. The highest BCUT2D eigenvalue weighted by Gasteiger charge is 2.06. The number of nitrogens with zero attached hydrogens (tertiary/aromatic N) is 1. The second kappa shape index (κ2) is 9.28. The smallest absolute Gasteiger partial charge is 0.240 e. The minimum atomic E-state index is -0.169. The van der Waals surface area contributed by atoms with E-state index in [9.17, 15) is 9.59 Å². The number of hydrogen-bond donors (Lipinski definition) is 2.